The summed E-state index contributed by atoms with van der Waals surface area (Å²) in [6.07, 6.45) is 0.651. The molecule has 0 saturated carbocycles. The largest absolute Gasteiger partial charge is 0.496 e. The molecular formula is C25H32FNO4. The molecule has 0 spiro atoms. The van der Waals surface area contributed by atoms with Crippen molar-refractivity contribution in [3.05, 3.63) is 65.5 Å². The molecule has 2 aliphatic rings. The average molecular weight is 430 g/mol. The van der Waals surface area contributed by atoms with Gasteiger partial charge in [-0.05, 0) is 42.5 Å². The summed E-state index contributed by atoms with van der Waals surface area (Å²) in [6, 6.07) is 14.9. The van der Waals surface area contributed by atoms with E-state index in [-0.39, 0.29) is 23.8 Å². The lowest BCUT2D eigenvalue weighted by molar-refractivity contribution is -0.0850. The second kappa shape index (κ2) is 10.6. The van der Waals surface area contributed by atoms with Crippen molar-refractivity contribution < 1.29 is 23.7 Å². The maximum absolute atomic E-state index is 14.3. The summed E-state index contributed by atoms with van der Waals surface area (Å²) in [5, 5.41) is 11.5. The van der Waals surface area contributed by atoms with Gasteiger partial charge in [-0.3, -0.25) is 4.90 Å². The summed E-state index contributed by atoms with van der Waals surface area (Å²) >= 11 is 0. The van der Waals surface area contributed by atoms with E-state index in [9.17, 15) is 9.50 Å². The minimum Gasteiger partial charge on any atom is -0.496 e. The van der Waals surface area contributed by atoms with Gasteiger partial charge < -0.3 is 19.3 Å². The van der Waals surface area contributed by atoms with Gasteiger partial charge in [-0.1, -0.05) is 30.3 Å². The first-order valence-corrected chi connectivity index (χ1v) is 11.1. The highest BCUT2D eigenvalue weighted by Crippen LogP contribution is 2.39. The van der Waals surface area contributed by atoms with Gasteiger partial charge in [0.25, 0.3) is 0 Å². The molecule has 0 aliphatic carbocycles. The Morgan fingerprint density at radius 3 is 2.65 bits per heavy atom. The molecule has 5 nitrogen and oxygen atoms in total. The third kappa shape index (κ3) is 5.44. The lowest BCUT2D eigenvalue weighted by Gasteiger charge is -2.41. The molecule has 2 aromatic rings. The van der Waals surface area contributed by atoms with Crippen molar-refractivity contribution in [1.82, 2.24) is 4.90 Å². The molecule has 0 bridgehead atoms. The predicted octanol–water partition coefficient (Wildman–Crippen LogP) is 3.61. The van der Waals surface area contributed by atoms with Gasteiger partial charge >= 0.3 is 0 Å². The van der Waals surface area contributed by atoms with Crippen molar-refractivity contribution in [2.45, 2.75) is 37.5 Å². The van der Waals surface area contributed by atoms with Crippen molar-refractivity contribution in [1.29, 1.82) is 0 Å². The highest BCUT2D eigenvalue weighted by atomic mass is 19.1. The van der Waals surface area contributed by atoms with Crippen molar-refractivity contribution in [2.24, 2.45) is 5.92 Å². The fourth-order valence-electron chi connectivity index (χ4n) is 4.85. The van der Waals surface area contributed by atoms with Crippen LogP contribution in [0.5, 0.6) is 5.75 Å². The standard InChI is InChI=1S/C25H32FNO4/c1-29-22-8-7-20(26)15-21(22)24(25(28)19-9-12-30-13-10-19)23-17-27(11-14-31-23)16-18-5-3-2-4-6-18/h2-8,15,19,23-25,28H,9-14,16-17H2,1H3. The van der Waals surface area contributed by atoms with E-state index in [0.29, 0.717) is 37.7 Å². The quantitative estimate of drug-likeness (QED) is 0.729. The van der Waals surface area contributed by atoms with Crippen molar-refractivity contribution in [2.75, 3.05) is 40.0 Å². The Kier molecular flexibility index (Phi) is 7.56. The van der Waals surface area contributed by atoms with Gasteiger partial charge in [0.1, 0.15) is 11.6 Å². The molecule has 6 heteroatoms. The highest BCUT2D eigenvalue weighted by molar-refractivity contribution is 5.38. The number of ether oxygens (including phenoxy) is 3. The third-order valence-electron chi connectivity index (χ3n) is 6.49. The zero-order chi connectivity index (χ0) is 21.6. The maximum Gasteiger partial charge on any atom is 0.123 e. The molecular weight excluding hydrogens is 397 g/mol. The molecule has 2 aliphatic heterocycles. The zero-order valence-corrected chi connectivity index (χ0v) is 18.1. The summed E-state index contributed by atoms with van der Waals surface area (Å²) in [5.41, 5.74) is 1.92. The first kappa shape index (κ1) is 22.2. The van der Waals surface area contributed by atoms with Crippen LogP contribution < -0.4 is 4.74 Å². The molecule has 0 aromatic heterocycles. The lowest BCUT2D eigenvalue weighted by Crippen LogP contribution is -2.48. The Hall–Kier alpha value is -1.99. The summed E-state index contributed by atoms with van der Waals surface area (Å²) in [7, 11) is 1.58. The van der Waals surface area contributed by atoms with Crippen LogP contribution in [0.25, 0.3) is 0 Å². The minimum atomic E-state index is -0.665. The van der Waals surface area contributed by atoms with E-state index in [1.54, 1.807) is 13.2 Å². The summed E-state index contributed by atoms with van der Waals surface area (Å²) in [5.74, 6) is -0.0506. The number of morpholine rings is 1. The van der Waals surface area contributed by atoms with Crippen LogP contribution in [0.15, 0.2) is 48.5 Å². The first-order valence-electron chi connectivity index (χ1n) is 11.1. The normalized spacial score (nSPS) is 22.7. The van der Waals surface area contributed by atoms with E-state index in [1.165, 1.54) is 17.7 Å². The second-order valence-corrected chi connectivity index (χ2v) is 8.48. The number of hydrogen-bond donors (Lipinski definition) is 1. The topological polar surface area (TPSA) is 51.2 Å². The van der Waals surface area contributed by atoms with E-state index < -0.39 is 6.10 Å². The highest BCUT2D eigenvalue weighted by Gasteiger charge is 2.39. The number of aliphatic hydroxyl groups is 1. The Balaban J connectivity index is 1.61. The van der Waals surface area contributed by atoms with Crippen molar-refractivity contribution in [3.63, 3.8) is 0 Å². The van der Waals surface area contributed by atoms with Crippen LogP contribution in [0, 0.1) is 11.7 Å². The van der Waals surface area contributed by atoms with E-state index in [0.717, 1.165) is 25.9 Å². The van der Waals surface area contributed by atoms with Crippen LogP contribution in [0.1, 0.15) is 29.9 Å². The average Bonchev–Trinajstić information content (AvgIpc) is 2.81. The molecule has 0 radical (unpaired) electrons. The Morgan fingerprint density at radius 1 is 1.13 bits per heavy atom. The summed E-state index contributed by atoms with van der Waals surface area (Å²) in [4.78, 5) is 2.35. The van der Waals surface area contributed by atoms with Crippen LogP contribution in [0.4, 0.5) is 4.39 Å². The van der Waals surface area contributed by atoms with Gasteiger partial charge in [0.2, 0.25) is 0 Å². The smallest absolute Gasteiger partial charge is 0.123 e. The van der Waals surface area contributed by atoms with Gasteiger partial charge in [-0.25, -0.2) is 4.39 Å². The van der Waals surface area contributed by atoms with E-state index in [4.69, 9.17) is 14.2 Å². The van der Waals surface area contributed by atoms with E-state index in [2.05, 4.69) is 17.0 Å². The van der Waals surface area contributed by atoms with Crippen LogP contribution in [-0.2, 0) is 16.0 Å². The number of nitrogens with zero attached hydrogens (tertiary/aromatic N) is 1. The summed E-state index contributed by atoms with van der Waals surface area (Å²) < 4.78 is 31.5. The monoisotopic (exact) mass is 429 g/mol. The third-order valence-corrected chi connectivity index (χ3v) is 6.49. The maximum atomic E-state index is 14.3. The fourth-order valence-corrected chi connectivity index (χ4v) is 4.85. The molecule has 2 saturated heterocycles. The summed E-state index contributed by atoms with van der Waals surface area (Å²) in [6.45, 7) is 4.17. The van der Waals surface area contributed by atoms with Crippen LogP contribution >= 0.6 is 0 Å². The zero-order valence-electron chi connectivity index (χ0n) is 18.1. The molecule has 1 N–H and O–H groups in total. The van der Waals surface area contributed by atoms with E-state index in [1.807, 2.05) is 18.2 Å². The number of halogens is 1. The second-order valence-electron chi connectivity index (χ2n) is 8.48. The van der Waals surface area contributed by atoms with Crippen molar-refractivity contribution >= 4 is 0 Å². The molecule has 4 rings (SSSR count). The fraction of sp³-hybridized carbons (Fsp3) is 0.520. The molecule has 2 aromatic carbocycles. The predicted molar refractivity (Wildman–Crippen MR) is 117 cm³/mol. The van der Waals surface area contributed by atoms with Crippen LogP contribution in [0.3, 0.4) is 0 Å². The van der Waals surface area contributed by atoms with Gasteiger partial charge in [-0.15, -0.1) is 0 Å². The van der Waals surface area contributed by atoms with Crippen LogP contribution in [0.2, 0.25) is 0 Å². The van der Waals surface area contributed by atoms with Gasteiger partial charge in [0, 0.05) is 44.3 Å². The molecule has 2 fully saturated rings. The Morgan fingerprint density at radius 2 is 1.90 bits per heavy atom. The Bertz CT molecular complexity index is 828. The number of hydrogen-bond acceptors (Lipinski definition) is 5. The number of benzene rings is 2. The first-order chi connectivity index (χ1) is 15.2. The molecule has 168 valence electrons. The number of methoxy groups -OCH3 is 1. The lowest BCUT2D eigenvalue weighted by atomic mass is 9.78. The number of rotatable bonds is 7. The molecule has 2 heterocycles. The molecule has 0 amide bonds. The van der Waals surface area contributed by atoms with Gasteiger partial charge in [-0.2, -0.15) is 0 Å². The number of aliphatic hydroxyl groups excluding tert-OH is 1. The Labute approximate surface area is 183 Å². The van der Waals surface area contributed by atoms with Gasteiger partial charge in [0.05, 0.1) is 25.9 Å². The molecule has 3 unspecified atom stereocenters. The van der Waals surface area contributed by atoms with E-state index >= 15 is 0 Å². The SMILES string of the molecule is COc1ccc(F)cc1C(C1CN(Cc2ccccc2)CCO1)C(O)C1CCOCC1. The molecule has 3 atom stereocenters. The van der Waals surface area contributed by atoms with Gasteiger partial charge in [0.15, 0.2) is 0 Å². The van der Waals surface area contributed by atoms with Crippen LogP contribution in [-0.4, -0.2) is 62.2 Å². The molecule has 31 heavy (non-hydrogen) atoms. The van der Waals surface area contributed by atoms with Crippen molar-refractivity contribution in [3.8, 4) is 5.75 Å². The minimum absolute atomic E-state index is 0.0832.